The first-order chi connectivity index (χ1) is 44.5. The number of nitrogens with two attached hydrogens (primary N) is 2. The van der Waals surface area contributed by atoms with Crippen LogP contribution in [0.1, 0.15) is 93.4 Å². The fraction of sp³-hybridized carbons (Fsp3) is 0.474. The molecule has 3 aromatic rings. The van der Waals surface area contributed by atoms with E-state index in [0.717, 1.165) is 17.4 Å². The monoisotopic (exact) mass is 1450 g/mol. The number of fused-ring (bicyclic) bond motifs is 2. The molecule has 0 radical (unpaired) electrons. The van der Waals surface area contributed by atoms with E-state index in [4.69, 9.17) is 75.2 Å². The molecule has 2 aliphatic heterocycles. The van der Waals surface area contributed by atoms with Crippen molar-refractivity contribution in [1.29, 1.82) is 5.41 Å². The number of nitrogen functional groups attached to an aromatic ring is 2. The molecule has 3 aliphatic rings. The van der Waals surface area contributed by atoms with E-state index in [0.29, 0.717) is 127 Å². The van der Waals surface area contributed by atoms with Crippen LogP contribution in [0, 0.1) is 17.3 Å². The quantitative estimate of drug-likeness (QED) is 0.00271. The highest BCUT2D eigenvalue weighted by Crippen LogP contribution is 2.66. The van der Waals surface area contributed by atoms with Crippen LogP contribution in [0.15, 0.2) is 76.6 Å². The molecule has 1 fully saturated rings. The molecule has 0 bridgehead atoms. The van der Waals surface area contributed by atoms with Gasteiger partial charge in [0.1, 0.15) is 35.4 Å². The van der Waals surface area contributed by atoms with Crippen LogP contribution < -0.4 is 38.5 Å². The molecule has 13 N–H and O–H groups in total. The molecule has 516 valence electrons. The van der Waals surface area contributed by atoms with Crippen LogP contribution in [-0.2, 0) is 80.7 Å². The number of nitrogens with one attached hydrogen (secondary N) is 4. The van der Waals surface area contributed by atoms with Gasteiger partial charge in [-0.15, -0.1) is 0 Å². The van der Waals surface area contributed by atoms with Crippen molar-refractivity contribution in [3.63, 3.8) is 0 Å². The molecular formula is C57H77N8O22P3S4. The van der Waals surface area contributed by atoms with Crippen molar-refractivity contribution in [2.45, 2.75) is 88.9 Å². The highest BCUT2D eigenvalue weighted by atomic mass is 33.1. The minimum Gasteiger partial charge on any atom is -0.478 e. The zero-order chi connectivity index (χ0) is 68.6. The van der Waals surface area contributed by atoms with Gasteiger partial charge in [-0.05, 0) is 110 Å². The van der Waals surface area contributed by atoms with Gasteiger partial charge in [0.15, 0.2) is 0 Å². The lowest BCUT2D eigenvalue weighted by atomic mass is 9.89. The fourth-order valence-electron chi connectivity index (χ4n) is 8.87. The van der Waals surface area contributed by atoms with Gasteiger partial charge >= 0.3 is 47.1 Å². The van der Waals surface area contributed by atoms with E-state index >= 15 is 0 Å². The molecule has 30 nitrogen and oxygen atoms in total. The number of carboxylic acids is 1. The smallest absolute Gasteiger partial charge is 0.478 e. The number of benzene rings is 3. The fourth-order valence-corrected chi connectivity index (χ4v) is 14.8. The summed E-state index contributed by atoms with van der Waals surface area (Å²) in [6, 6.07) is 14.7. The minimum atomic E-state index is -5.79. The highest BCUT2D eigenvalue weighted by Gasteiger charge is 2.44. The molecule has 0 saturated carbocycles. The van der Waals surface area contributed by atoms with Gasteiger partial charge in [-0.2, -0.15) is 13.6 Å². The second kappa shape index (κ2) is 37.2. The average Bonchev–Trinajstić information content (AvgIpc) is 0.871. The number of phosphoric ester groups is 1. The second-order valence-corrected chi connectivity index (χ2v) is 31.7. The number of aromatic nitrogens is 2. The van der Waals surface area contributed by atoms with Crippen LogP contribution in [0.25, 0.3) is 39.1 Å². The maximum atomic E-state index is 13.0. The number of carbonyl (C=O) groups is 3. The van der Waals surface area contributed by atoms with Gasteiger partial charge in [0.2, 0.25) is 0 Å². The first-order valence-electron chi connectivity index (χ1n) is 29.1. The number of esters is 1. The summed E-state index contributed by atoms with van der Waals surface area (Å²) in [6.45, 7) is 12.2. The molecule has 6 atom stereocenters. The van der Waals surface area contributed by atoms with Crippen LogP contribution in [0.4, 0.5) is 16.3 Å². The third kappa shape index (κ3) is 26.1. The van der Waals surface area contributed by atoms with Crippen molar-refractivity contribution < 1.29 is 98.7 Å². The highest BCUT2D eigenvalue weighted by molar-refractivity contribution is 8.77. The molecule has 94 heavy (non-hydrogen) atoms. The summed E-state index contributed by atoms with van der Waals surface area (Å²) in [4.78, 5) is 91.2. The number of aromatic carboxylic acids is 1. The Balaban J connectivity index is 0.770. The lowest BCUT2D eigenvalue weighted by Gasteiger charge is -2.22. The molecule has 6 rings (SSSR count). The maximum absolute atomic E-state index is 13.0. The molecule has 2 amide bonds. The van der Waals surface area contributed by atoms with Crippen LogP contribution >= 0.6 is 45.1 Å². The SMILES string of the molecule is C=C(NCCOCCOCCCC(=O)OCCC(C)(C)SSCOCCCCCNC(=O)NCC#Cc1cn([C@H]2CC(OCS(=S)CC)[C@@H](COP(=O)(O)OP(=O)(O)OP(=O)(O)O)O2)c(=O)nc1N)c1ccc(C(=O)O)c(-c2c3ccc(=N)cc-3oc3cc(N)ccc23)c1. The van der Waals surface area contributed by atoms with E-state index in [1.165, 1.54) is 6.20 Å². The van der Waals surface area contributed by atoms with Gasteiger partial charge in [-0.3, -0.25) is 13.9 Å². The number of hydrogen-bond acceptors (Lipinski definition) is 25. The summed E-state index contributed by atoms with van der Waals surface area (Å²) >= 11 is 5.33. The van der Waals surface area contributed by atoms with Gasteiger partial charge in [0.05, 0.1) is 68.1 Å². The number of ether oxygens (including phenoxy) is 6. The number of urea groups is 1. The molecule has 1 aromatic heterocycles. The van der Waals surface area contributed by atoms with Gasteiger partial charge < -0.3 is 90.3 Å². The Kier molecular flexibility index (Phi) is 30.6. The number of carboxylic acid groups (broad SMARTS) is 1. The summed E-state index contributed by atoms with van der Waals surface area (Å²) in [5.74, 6) is 5.38. The molecule has 1 aliphatic carbocycles. The Bertz CT molecular complexity index is 3770. The Morgan fingerprint density at radius 1 is 0.904 bits per heavy atom. The summed E-state index contributed by atoms with van der Waals surface area (Å²) in [5.41, 5.74) is 15.3. The number of rotatable bonds is 40. The normalized spacial score (nSPS) is 16.6. The predicted molar refractivity (Wildman–Crippen MR) is 357 cm³/mol. The Morgan fingerprint density at radius 3 is 2.40 bits per heavy atom. The number of nitrogens with zero attached hydrogens (tertiary/aromatic N) is 2. The molecule has 0 spiro atoms. The number of amides is 2. The van der Waals surface area contributed by atoms with E-state index in [9.17, 15) is 47.8 Å². The molecule has 4 unspecified atom stereocenters. The molecule has 3 heterocycles. The van der Waals surface area contributed by atoms with Crippen molar-refractivity contribution >= 4 is 112 Å². The number of anilines is 2. The molecule has 37 heteroatoms. The van der Waals surface area contributed by atoms with Gasteiger partial charge in [-0.25, -0.2) is 28.1 Å². The zero-order valence-electron chi connectivity index (χ0n) is 51.6. The third-order valence-corrected chi connectivity index (χ3v) is 22.3. The average molecular weight is 1450 g/mol. The first kappa shape index (κ1) is 77.4. The number of carbonyl (C=O) groups excluding carboxylic acids is 2. The Labute approximate surface area is 556 Å². The van der Waals surface area contributed by atoms with Crippen molar-refractivity contribution in [1.82, 2.24) is 25.5 Å². The maximum Gasteiger partial charge on any atom is 0.490 e. The van der Waals surface area contributed by atoms with Crippen LogP contribution in [-0.4, -0.2) is 153 Å². The van der Waals surface area contributed by atoms with E-state index < -0.39 is 75.7 Å². The number of hydrogen-bond donors (Lipinski definition) is 11. The predicted octanol–water partition coefficient (Wildman–Crippen LogP) is 7.14. The summed E-state index contributed by atoms with van der Waals surface area (Å²) in [7, 11) is -14.3. The van der Waals surface area contributed by atoms with Crippen molar-refractivity contribution in [2.75, 3.05) is 95.0 Å². The van der Waals surface area contributed by atoms with E-state index in [1.807, 2.05) is 6.92 Å². The topological polar surface area (TPSA) is 447 Å². The lowest BCUT2D eigenvalue weighted by Crippen LogP contribution is -2.36. The van der Waals surface area contributed by atoms with Crippen LogP contribution in [0.3, 0.4) is 0 Å². The van der Waals surface area contributed by atoms with Crippen LogP contribution in [0.5, 0.6) is 0 Å². The van der Waals surface area contributed by atoms with E-state index in [1.54, 1.807) is 76.2 Å². The van der Waals surface area contributed by atoms with Gasteiger partial charge in [-0.1, -0.05) is 62.5 Å². The first-order valence-corrected chi connectivity index (χ1v) is 38.5. The lowest BCUT2D eigenvalue weighted by molar-refractivity contribution is -0.144. The molecule has 2 aromatic carbocycles. The van der Waals surface area contributed by atoms with Crippen molar-refractivity contribution in [3.8, 4) is 34.3 Å². The molecular weight excluding hydrogens is 1370 g/mol. The van der Waals surface area contributed by atoms with E-state index in [-0.39, 0.29) is 65.0 Å². The summed E-state index contributed by atoms with van der Waals surface area (Å²) < 4.78 is 88.9. The third-order valence-electron chi connectivity index (χ3n) is 13.5. The van der Waals surface area contributed by atoms with Gasteiger partial charge in [0, 0.05) is 90.1 Å². The summed E-state index contributed by atoms with van der Waals surface area (Å²) in [6.07, 6.45) is 1.55. The Hall–Kier alpha value is -5.60. The minimum absolute atomic E-state index is 0.0538. The van der Waals surface area contributed by atoms with Gasteiger partial charge in [0.25, 0.3) is 0 Å². The standard InChI is InChI=1S/C57H77N8O22P3S4/c1-5-94(91)36-82-48-32-50(85-49(48)34-83-89(74,75)87-90(76,77)86-88(71,72)73)65-33-39(53(60)64-56(65)70)11-9-21-63-55(69)62-20-7-6-8-23-80-35-92-93-57(3,4)19-25-81-51(66)12-10-24-78-27-28-79-26-22-61-37(2)38-13-16-42(54(67)68)45(29-38)52-43-17-14-40(58)30-46(43)84-47-31-41(59)15-18-44(47)52/h13-18,29-31,33,48-50,58,61H,2,5-8,10,12,19-28,32,34-36,59H2,1,3-4H3,(H,67,68)(H,74,75)(H,76,77)(H2,60,64,70)(H2,62,63,69)(H2,71,72,73)/t48?,49-,50-,94?/m1/s1. The number of unbranched alkanes of at least 4 members (excludes halogenated alkanes) is 2. The molecule has 1 saturated heterocycles. The zero-order valence-corrected chi connectivity index (χ0v) is 57.5. The largest absolute Gasteiger partial charge is 0.490 e. The number of phosphoric acid groups is 3. The van der Waals surface area contributed by atoms with Crippen molar-refractivity contribution in [2.24, 2.45) is 0 Å². The van der Waals surface area contributed by atoms with Crippen molar-refractivity contribution in [3.05, 3.63) is 99.9 Å². The van der Waals surface area contributed by atoms with Crippen LogP contribution in [0.2, 0.25) is 0 Å². The Morgan fingerprint density at radius 2 is 1.66 bits per heavy atom. The summed E-state index contributed by atoms with van der Waals surface area (Å²) in [5, 5.41) is 27.9. The van der Waals surface area contributed by atoms with E-state index in [2.05, 4.69) is 61.8 Å². The second-order valence-electron chi connectivity index (χ2n) is 21.2.